The van der Waals surface area contributed by atoms with Crippen LogP contribution in [0.1, 0.15) is 18.4 Å². The molecular weight excluding hydrogens is 308 g/mol. The van der Waals surface area contributed by atoms with Crippen molar-refractivity contribution in [1.29, 1.82) is 0 Å². The minimum absolute atomic E-state index is 0.403. The average molecular weight is 326 g/mol. The van der Waals surface area contributed by atoms with Crippen molar-refractivity contribution in [3.05, 3.63) is 54.1 Å². The summed E-state index contributed by atoms with van der Waals surface area (Å²) in [4.78, 5) is 21.2. The Kier molecular flexibility index (Phi) is 3.63. The van der Waals surface area contributed by atoms with Crippen LogP contribution >= 0.6 is 0 Å². The minimum Gasteiger partial charge on any atom is -0.448 e. The average Bonchev–Trinajstić information content (AvgIpc) is 3.00. The van der Waals surface area contributed by atoms with Crippen LogP contribution in [0, 0.1) is 0 Å². The fourth-order valence-electron chi connectivity index (χ4n) is 3.29. The molecule has 6 nitrogen and oxygen atoms in total. The van der Waals surface area contributed by atoms with Crippen LogP contribution in [0.15, 0.2) is 48.5 Å². The van der Waals surface area contributed by atoms with Crippen LogP contribution in [-0.4, -0.2) is 35.0 Å². The molecule has 1 spiro atoms. The summed E-state index contributed by atoms with van der Waals surface area (Å²) in [6.45, 7) is 1.02. The lowest BCUT2D eigenvalue weighted by Crippen LogP contribution is -2.44. The molecule has 2 heterocycles. The molecule has 0 unspecified atom stereocenters. The van der Waals surface area contributed by atoms with E-state index in [9.17, 15) is 4.79 Å². The van der Waals surface area contributed by atoms with E-state index in [1.54, 1.807) is 0 Å². The zero-order valence-corrected chi connectivity index (χ0v) is 13.1. The number of hydrogen-bond acceptors (Lipinski definition) is 5. The Labute approximate surface area is 139 Å². The van der Waals surface area contributed by atoms with Crippen LogP contribution in [0.5, 0.6) is 0 Å². The molecule has 2 aromatic carbocycles. The van der Waals surface area contributed by atoms with Crippen molar-refractivity contribution in [3.8, 4) is 0 Å². The highest BCUT2D eigenvalue weighted by Gasteiger charge is 2.39. The van der Waals surface area contributed by atoms with E-state index in [1.807, 2.05) is 12.1 Å². The summed E-state index contributed by atoms with van der Waals surface area (Å²) in [6, 6.07) is 14.5. The Morgan fingerprint density at radius 1 is 1.17 bits per heavy atom. The SMILES string of the molecule is O=C(O)ON1CCC2(C=C(c3ccc4ccccc4c3)NO2)CC1. The highest BCUT2D eigenvalue weighted by Crippen LogP contribution is 2.35. The van der Waals surface area contributed by atoms with E-state index in [4.69, 9.17) is 14.8 Å². The molecule has 6 heteroatoms. The lowest BCUT2D eigenvalue weighted by Gasteiger charge is -2.34. The van der Waals surface area contributed by atoms with Gasteiger partial charge in [-0.2, -0.15) is 0 Å². The maximum absolute atomic E-state index is 10.6. The molecule has 0 atom stereocenters. The molecule has 2 aromatic rings. The Balaban J connectivity index is 1.53. The van der Waals surface area contributed by atoms with Crippen molar-refractivity contribution >= 4 is 22.6 Å². The van der Waals surface area contributed by atoms with Crippen LogP contribution in [0.4, 0.5) is 4.79 Å². The van der Waals surface area contributed by atoms with E-state index < -0.39 is 11.8 Å². The maximum atomic E-state index is 10.6. The number of fused-ring (bicyclic) bond motifs is 1. The second-order valence-electron chi connectivity index (χ2n) is 6.18. The summed E-state index contributed by atoms with van der Waals surface area (Å²) in [6.07, 6.45) is 2.17. The molecule has 0 aromatic heterocycles. The highest BCUT2D eigenvalue weighted by atomic mass is 16.8. The van der Waals surface area contributed by atoms with Crippen molar-refractivity contribution in [1.82, 2.24) is 10.5 Å². The first kappa shape index (κ1) is 15.0. The van der Waals surface area contributed by atoms with Gasteiger partial charge in [0.25, 0.3) is 0 Å². The summed E-state index contributed by atoms with van der Waals surface area (Å²) >= 11 is 0. The topological polar surface area (TPSA) is 71.0 Å². The fraction of sp³-hybridized carbons (Fsp3) is 0.278. The largest absolute Gasteiger partial charge is 0.525 e. The quantitative estimate of drug-likeness (QED) is 0.883. The lowest BCUT2D eigenvalue weighted by atomic mass is 9.91. The first-order valence-corrected chi connectivity index (χ1v) is 7.95. The van der Waals surface area contributed by atoms with Gasteiger partial charge < -0.3 is 9.94 Å². The number of hydrogen-bond donors (Lipinski definition) is 2. The van der Waals surface area contributed by atoms with Crippen LogP contribution in [0.2, 0.25) is 0 Å². The van der Waals surface area contributed by atoms with Gasteiger partial charge in [-0.3, -0.25) is 10.3 Å². The molecule has 2 aliphatic rings. The van der Waals surface area contributed by atoms with Gasteiger partial charge in [-0.15, -0.1) is 5.06 Å². The van der Waals surface area contributed by atoms with Crippen molar-refractivity contribution in [3.63, 3.8) is 0 Å². The Bertz CT molecular complexity index is 810. The standard InChI is InChI=1S/C18H18N2O4/c21-17(22)23-20-9-7-18(8-10-20)12-16(19-24-18)15-6-5-13-3-1-2-4-14(13)11-15/h1-6,11-12,19H,7-10H2,(H,21,22). The summed E-state index contributed by atoms with van der Waals surface area (Å²) in [5, 5.41) is 12.5. The molecular formula is C18H18N2O4. The fourth-order valence-corrected chi connectivity index (χ4v) is 3.29. The molecule has 1 fully saturated rings. The van der Waals surface area contributed by atoms with Gasteiger partial charge in [0.15, 0.2) is 0 Å². The molecule has 0 amide bonds. The van der Waals surface area contributed by atoms with Crippen LogP contribution < -0.4 is 5.48 Å². The normalized spacial score (nSPS) is 19.9. The number of carboxylic acid groups (broad SMARTS) is 1. The first-order chi connectivity index (χ1) is 11.6. The molecule has 0 saturated carbocycles. The first-order valence-electron chi connectivity index (χ1n) is 7.95. The molecule has 2 N–H and O–H groups in total. The summed E-state index contributed by atoms with van der Waals surface area (Å²) in [5.41, 5.74) is 4.67. The minimum atomic E-state index is -1.27. The molecule has 24 heavy (non-hydrogen) atoms. The molecule has 124 valence electrons. The van der Waals surface area contributed by atoms with Gasteiger partial charge in [0, 0.05) is 18.7 Å². The van der Waals surface area contributed by atoms with Gasteiger partial charge >= 0.3 is 6.16 Å². The number of benzene rings is 2. The third kappa shape index (κ3) is 2.81. The van der Waals surface area contributed by atoms with Crippen molar-refractivity contribution < 1.29 is 19.6 Å². The zero-order valence-electron chi connectivity index (χ0n) is 13.1. The van der Waals surface area contributed by atoms with E-state index in [0.717, 1.165) is 11.3 Å². The van der Waals surface area contributed by atoms with Gasteiger partial charge in [0.2, 0.25) is 0 Å². The van der Waals surface area contributed by atoms with Gasteiger partial charge in [-0.1, -0.05) is 36.4 Å². The van der Waals surface area contributed by atoms with Gasteiger partial charge in [-0.25, -0.2) is 4.79 Å². The van der Waals surface area contributed by atoms with E-state index in [1.165, 1.54) is 15.8 Å². The molecule has 0 radical (unpaired) electrons. The Morgan fingerprint density at radius 3 is 2.67 bits per heavy atom. The number of piperidine rings is 1. The molecule has 0 bridgehead atoms. The third-order valence-electron chi connectivity index (χ3n) is 4.61. The summed E-state index contributed by atoms with van der Waals surface area (Å²) in [5.74, 6) is 0. The van der Waals surface area contributed by atoms with E-state index >= 15 is 0 Å². The van der Waals surface area contributed by atoms with E-state index in [0.29, 0.717) is 25.9 Å². The van der Waals surface area contributed by atoms with Crippen molar-refractivity contribution in [2.75, 3.05) is 13.1 Å². The predicted molar refractivity (Wildman–Crippen MR) is 88.8 cm³/mol. The number of hydroxylamine groups is 3. The van der Waals surface area contributed by atoms with E-state index in [-0.39, 0.29) is 0 Å². The van der Waals surface area contributed by atoms with Gasteiger partial charge in [-0.05, 0) is 35.8 Å². The number of nitrogens with one attached hydrogen (secondary N) is 1. The predicted octanol–water partition coefficient (Wildman–Crippen LogP) is 3.16. The Hall–Kier alpha value is -2.57. The lowest BCUT2D eigenvalue weighted by molar-refractivity contribution is -0.167. The summed E-state index contributed by atoms with van der Waals surface area (Å²) < 4.78 is 0. The number of carbonyl (C=O) groups is 1. The molecule has 1 saturated heterocycles. The van der Waals surface area contributed by atoms with Crippen LogP contribution in [-0.2, 0) is 9.68 Å². The highest BCUT2D eigenvalue weighted by molar-refractivity contribution is 5.86. The third-order valence-corrected chi connectivity index (χ3v) is 4.61. The van der Waals surface area contributed by atoms with Crippen molar-refractivity contribution in [2.24, 2.45) is 0 Å². The van der Waals surface area contributed by atoms with Crippen LogP contribution in [0.3, 0.4) is 0 Å². The Morgan fingerprint density at radius 2 is 1.92 bits per heavy atom. The van der Waals surface area contributed by atoms with Crippen LogP contribution in [0.25, 0.3) is 16.5 Å². The molecule has 0 aliphatic carbocycles. The maximum Gasteiger partial charge on any atom is 0.525 e. The molecule has 2 aliphatic heterocycles. The molecule has 4 rings (SSSR count). The van der Waals surface area contributed by atoms with Crippen molar-refractivity contribution in [2.45, 2.75) is 18.4 Å². The monoisotopic (exact) mass is 326 g/mol. The van der Waals surface area contributed by atoms with Gasteiger partial charge in [0.05, 0.1) is 5.70 Å². The number of rotatable bonds is 2. The van der Waals surface area contributed by atoms with Gasteiger partial charge in [0.1, 0.15) is 5.60 Å². The second-order valence-corrected chi connectivity index (χ2v) is 6.18. The zero-order chi connectivity index (χ0) is 16.6. The summed E-state index contributed by atoms with van der Waals surface area (Å²) in [7, 11) is 0. The number of nitrogens with zero attached hydrogens (tertiary/aromatic N) is 1. The second kappa shape index (κ2) is 5.81. The van der Waals surface area contributed by atoms with E-state index in [2.05, 4.69) is 41.9 Å². The smallest absolute Gasteiger partial charge is 0.448 e.